The van der Waals surface area contributed by atoms with Gasteiger partial charge in [0.15, 0.2) is 0 Å². The van der Waals surface area contributed by atoms with Crippen molar-refractivity contribution in [2.45, 2.75) is 97.8 Å². The van der Waals surface area contributed by atoms with E-state index in [0.717, 1.165) is 93.7 Å². The second-order valence-electron chi connectivity index (χ2n) is 12.2. The standard InChI is InChI=1S/C39H48O6/c1-4-7-10-13-25-16-31(40)37(32(41)17-25)28-22-29(38-33(42)18-26(19-34(38)43)14-11-8-5-2)24-30(23-28)39-35(44)20-27(21-36(39)45)15-12-9-6-3/h16-24,40-45H,4-15H2,1-3H3. The molecular formula is C39H48O6. The maximum atomic E-state index is 11.1. The van der Waals surface area contributed by atoms with Gasteiger partial charge in [-0.2, -0.15) is 0 Å². The Balaban J connectivity index is 1.88. The van der Waals surface area contributed by atoms with E-state index >= 15 is 0 Å². The number of hydrogen-bond donors (Lipinski definition) is 6. The minimum absolute atomic E-state index is 0.107. The van der Waals surface area contributed by atoms with Gasteiger partial charge in [-0.25, -0.2) is 0 Å². The predicted octanol–water partition coefficient (Wildman–Crippen LogP) is 10.1. The lowest BCUT2D eigenvalue weighted by Gasteiger charge is -2.17. The molecule has 0 saturated heterocycles. The van der Waals surface area contributed by atoms with Gasteiger partial charge in [0, 0.05) is 0 Å². The van der Waals surface area contributed by atoms with Gasteiger partial charge < -0.3 is 30.6 Å². The monoisotopic (exact) mass is 612 g/mol. The minimum Gasteiger partial charge on any atom is -0.507 e. The Morgan fingerprint density at radius 3 is 0.756 bits per heavy atom. The smallest absolute Gasteiger partial charge is 0.127 e. The number of aromatic hydroxyl groups is 6. The van der Waals surface area contributed by atoms with Crippen LogP contribution in [0, 0.1) is 0 Å². The third-order valence-electron chi connectivity index (χ3n) is 8.48. The summed E-state index contributed by atoms with van der Waals surface area (Å²) in [5, 5.41) is 66.9. The molecule has 45 heavy (non-hydrogen) atoms. The Kier molecular flexibility index (Phi) is 11.6. The summed E-state index contributed by atoms with van der Waals surface area (Å²) < 4.78 is 0. The maximum Gasteiger partial charge on any atom is 0.127 e. The molecule has 6 nitrogen and oxygen atoms in total. The molecule has 4 rings (SSSR count). The highest BCUT2D eigenvalue weighted by molar-refractivity contribution is 5.90. The van der Waals surface area contributed by atoms with Crippen LogP contribution in [0.2, 0.25) is 0 Å². The number of rotatable bonds is 15. The van der Waals surface area contributed by atoms with Crippen molar-refractivity contribution in [3.8, 4) is 67.9 Å². The van der Waals surface area contributed by atoms with Gasteiger partial charge in [-0.15, -0.1) is 0 Å². The first-order valence-corrected chi connectivity index (χ1v) is 16.5. The lowest BCUT2D eigenvalue weighted by atomic mass is 9.89. The molecule has 0 aromatic heterocycles. The molecule has 0 bridgehead atoms. The quantitative estimate of drug-likeness (QED) is 0.0743. The zero-order valence-corrected chi connectivity index (χ0v) is 26.9. The highest BCUT2D eigenvalue weighted by Gasteiger charge is 2.21. The number of unbranched alkanes of at least 4 members (excludes halogenated alkanes) is 6. The summed E-state index contributed by atoms with van der Waals surface area (Å²) in [6.07, 6.45) is 11.3. The minimum atomic E-state index is -0.107. The molecular weight excluding hydrogens is 564 g/mol. The summed E-state index contributed by atoms with van der Waals surface area (Å²) in [4.78, 5) is 0. The molecule has 0 saturated carbocycles. The van der Waals surface area contributed by atoms with Crippen molar-refractivity contribution >= 4 is 0 Å². The normalized spacial score (nSPS) is 11.3. The van der Waals surface area contributed by atoms with Gasteiger partial charge in [0.25, 0.3) is 0 Å². The summed E-state index contributed by atoms with van der Waals surface area (Å²) in [6.45, 7) is 6.36. The Morgan fingerprint density at radius 1 is 0.333 bits per heavy atom. The summed E-state index contributed by atoms with van der Waals surface area (Å²) in [5.41, 5.74) is 4.20. The number of hydrogen-bond acceptors (Lipinski definition) is 6. The van der Waals surface area contributed by atoms with Crippen LogP contribution in [0.5, 0.6) is 34.5 Å². The van der Waals surface area contributed by atoms with E-state index in [4.69, 9.17) is 0 Å². The van der Waals surface area contributed by atoms with Gasteiger partial charge in [0.05, 0.1) is 16.7 Å². The third-order valence-corrected chi connectivity index (χ3v) is 8.48. The van der Waals surface area contributed by atoms with Crippen LogP contribution in [0.4, 0.5) is 0 Å². The molecule has 0 amide bonds. The highest BCUT2D eigenvalue weighted by Crippen LogP contribution is 2.48. The molecule has 0 aliphatic heterocycles. The number of phenolic OH excluding ortho intramolecular Hbond substituents is 6. The van der Waals surface area contributed by atoms with E-state index in [-0.39, 0.29) is 51.2 Å². The van der Waals surface area contributed by atoms with Crippen molar-refractivity contribution < 1.29 is 30.6 Å². The molecule has 0 atom stereocenters. The van der Waals surface area contributed by atoms with Crippen molar-refractivity contribution in [3.05, 3.63) is 71.3 Å². The van der Waals surface area contributed by atoms with Crippen LogP contribution < -0.4 is 0 Å². The van der Waals surface area contributed by atoms with Crippen molar-refractivity contribution in [2.24, 2.45) is 0 Å². The van der Waals surface area contributed by atoms with Crippen LogP contribution in [-0.2, 0) is 19.3 Å². The largest absolute Gasteiger partial charge is 0.507 e. The fourth-order valence-electron chi connectivity index (χ4n) is 6.12. The van der Waals surface area contributed by atoms with Crippen LogP contribution in [-0.4, -0.2) is 30.6 Å². The molecule has 6 heteroatoms. The molecule has 0 heterocycles. The Bertz CT molecular complexity index is 1340. The molecule has 0 aliphatic carbocycles. The predicted molar refractivity (Wildman–Crippen MR) is 182 cm³/mol. The van der Waals surface area contributed by atoms with Crippen molar-refractivity contribution in [2.75, 3.05) is 0 Å². The zero-order valence-electron chi connectivity index (χ0n) is 26.9. The Labute approximate surface area is 267 Å². The van der Waals surface area contributed by atoms with Gasteiger partial charge in [-0.1, -0.05) is 59.3 Å². The van der Waals surface area contributed by atoms with E-state index < -0.39 is 0 Å². The average molecular weight is 613 g/mol. The van der Waals surface area contributed by atoms with Crippen LogP contribution in [0.15, 0.2) is 54.6 Å². The van der Waals surface area contributed by atoms with E-state index in [2.05, 4.69) is 20.8 Å². The average Bonchev–Trinajstić information content (AvgIpc) is 2.97. The molecule has 0 unspecified atom stereocenters. The van der Waals surface area contributed by atoms with Gasteiger partial charge >= 0.3 is 0 Å². The summed E-state index contributed by atoms with van der Waals surface area (Å²) in [7, 11) is 0. The fourth-order valence-corrected chi connectivity index (χ4v) is 6.12. The van der Waals surface area contributed by atoms with Gasteiger partial charge in [0.2, 0.25) is 0 Å². The number of phenols is 6. The molecule has 6 N–H and O–H groups in total. The fraction of sp³-hybridized carbons (Fsp3) is 0.385. The molecule has 0 spiro atoms. The van der Waals surface area contributed by atoms with Gasteiger partial charge in [-0.3, -0.25) is 0 Å². The van der Waals surface area contributed by atoms with Crippen molar-refractivity contribution in [1.82, 2.24) is 0 Å². The second-order valence-corrected chi connectivity index (χ2v) is 12.2. The molecule has 4 aromatic rings. The summed E-state index contributed by atoms with van der Waals surface area (Å²) in [5.74, 6) is -0.644. The van der Waals surface area contributed by atoms with E-state index in [1.165, 1.54) is 0 Å². The Hall–Kier alpha value is -4.32. The summed E-state index contributed by atoms with van der Waals surface area (Å²) in [6, 6.07) is 14.9. The van der Waals surface area contributed by atoms with Crippen LogP contribution in [0.1, 0.15) is 95.2 Å². The lowest BCUT2D eigenvalue weighted by molar-refractivity contribution is 0.452. The van der Waals surface area contributed by atoms with Gasteiger partial charge in [0.1, 0.15) is 34.5 Å². The van der Waals surface area contributed by atoms with E-state index in [0.29, 0.717) is 16.7 Å². The van der Waals surface area contributed by atoms with E-state index in [9.17, 15) is 30.6 Å². The topological polar surface area (TPSA) is 121 Å². The van der Waals surface area contributed by atoms with Crippen molar-refractivity contribution in [3.63, 3.8) is 0 Å². The summed E-state index contributed by atoms with van der Waals surface area (Å²) >= 11 is 0. The van der Waals surface area contributed by atoms with E-state index in [1.54, 1.807) is 54.6 Å². The van der Waals surface area contributed by atoms with Gasteiger partial charge in [-0.05, 0) is 127 Å². The van der Waals surface area contributed by atoms with Crippen molar-refractivity contribution in [1.29, 1.82) is 0 Å². The first-order chi connectivity index (χ1) is 21.7. The number of aryl methyl sites for hydroxylation is 3. The van der Waals surface area contributed by atoms with Crippen LogP contribution in [0.3, 0.4) is 0 Å². The molecule has 0 radical (unpaired) electrons. The number of benzene rings is 4. The molecule has 240 valence electrons. The maximum absolute atomic E-state index is 11.1. The third kappa shape index (κ3) is 8.24. The Morgan fingerprint density at radius 2 is 0.556 bits per heavy atom. The SMILES string of the molecule is CCCCCc1cc(O)c(-c2cc(-c3c(O)cc(CCCCC)cc3O)cc(-c3c(O)cc(CCCCC)cc3O)c2)c(O)c1. The first kappa shape index (κ1) is 33.6. The molecule has 4 aromatic carbocycles. The molecule has 0 aliphatic rings. The van der Waals surface area contributed by atoms with Crippen LogP contribution in [0.25, 0.3) is 33.4 Å². The lowest BCUT2D eigenvalue weighted by Crippen LogP contribution is -1.93. The second kappa shape index (κ2) is 15.6. The first-order valence-electron chi connectivity index (χ1n) is 16.5. The van der Waals surface area contributed by atoms with Crippen LogP contribution >= 0.6 is 0 Å². The molecule has 0 fully saturated rings. The highest BCUT2D eigenvalue weighted by atomic mass is 16.3. The zero-order chi connectivity index (χ0) is 32.5. The van der Waals surface area contributed by atoms with E-state index in [1.807, 2.05) is 0 Å².